The highest BCUT2D eigenvalue weighted by molar-refractivity contribution is 5.83. The summed E-state index contributed by atoms with van der Waals surface area (Å²) in [6.07, 6.45) is -0.217. The molecule has 0 aliphatic carbocycles. The molecule has 4 rings (SSSR count). The van der Waals surface area contributed by atoms with Crippen LogP contribution in [0.1, 0.15) is 47.9 Å². The highest BCUT2D eigenvalue weighted by atomic mass is 16.5. The van der Waals surface area contributed by atoms with Crippen LogP contribution in [-0.2, 0) is 32.3 Å². The van der Waals surface area contributed by atoms with Crippen molar-refractivity contribution in [3.63, 3.8) is 0 Å². The van der Waals surface area contributed by atoms with Gasteiger partial charge < -0.3 is 19.3 Å². The minimum absolute atomic E-state index is 0.0327. The van der Waals surface area contributed by atoms with Crippen molar-refractivity contribution in [2.24, 2.45) is 0 Å². The molecule has 0 aliphatic heterocycles. The molecule has 0 bridgehead atoms. The zero-order valence-electron chi connectivity index (χ0n) is 26.4. The van der Waals surface area contributed by atoms with Crippen LogP contribution in [0.25, 0.3) is 0 Å². The Kier molecular flexibility index (Phi) is 12.7. The Labute approximate surface area is 270 Å². The van der Waals surface area contributed by atoms with Crippen molar-refractivity contribution >= 4 is 23.8 Å². The number of rotatable bonds is 15. The number of ether oxygens (including phenoxy) is 2. The van der Waals surface area contributed by atoms with Gasteiger partial charge in [0.2, 0.25) is 11.8 Å². The molecule has 0 fully saturated rings. The molecule has 2 amide bonds. The molecule has 0 unspecified atom stereocenters. The van der Waals surface area contributed by atoms with E-state index in [9.17, 15) is 19.2 Å². The van der Waals surface area contributed by atoms with Gasteiger partial charge in [-0.05, 0) is 49.2 Å². The number of amides is 2. The summed E-state index contributed by atoms with van der Waals surface area (Å²) in [6.45, 7) is 5.02. The average Bonchev–Trinajstić information content (AvgIpc) is 3.06. The number of hydrogen-bond acceptors (Lipinski definition) is 6. The third-order valence-electron chi connectivity index (χ3n) is 7.37. The van der Waals surface area contributed by atoms with Crippen molar-refractivity contribution < 1.29 is 28.7 Å². The number of nitrogens with zero attached hydrogens (tertiary/aromatic N) is 2. The molecule has 0 N–H and O–H groups in total. The molecule has 4 aromatic carbocycles. The standard InChI is InChI=1S/C38H40N2O6/c1-29-13-17-33(18-14-29)45-37(43)23-21-35(41)39(27-31-9-5-3-6-10-31)25-26-40(28-32-11-7-4-8-12-32)36(42)22-24-38(44)46-34-19-15-30(2)16-20-34/h3-20H,21-28H2,1-2H3. The summed E-state index contributed by atoms with van der Waals surface area (Å²) in [7, 11) is 0. The first-order valence-electron chi connectivity index (χ1n) is 15.4. The Bertz CT molecular complexity index is 1450. The molecule has 0 atom stereocenters. The zero-order chi connectivity index (χ0) is 32.7. The van der Waals surface area contributed by atoms with E-state index in [1.165, 1.54) is 0 Å². The third kappa shape index (κ3) is 11.4. The Hall–Kier alpha value is -5.24. The lowest BCUT2D eigenvalue weighted by atomic mass is 10.1. The Morgan fingerprint density at radius 2 is 0.826 bits per heavy atom. The van der Waals surface area contributed by atoms with E-state index in [0.717, 1.165) is 22.3 Å². The van der Waals surface area contributed by atoms with Gasteiger partial charge in [-0.2, -0.15) is 0 Å². The fourth-order valence-electron chi connectivity index (χ4n) is 4.74. The molecular weight excluding hydrogens is 580 g/mol. The lowest BCUT2D eigenvalue weighted by Crippen LogP contribution is -2.41. The number of hydrogen-bond donors (Lipinski definition) is 0. The molecule has 0 heterocycles. The number of carbonyl (C=O) groups excluding carboxylic acids is 4. The fraction of sp³-hybridized carbons (Fsp3) is 0.263. The zero-order valence-corrected chi connectivity index (χ0v) is 26.4. The lowest BCUT2D eigenvalue weighted by Gasteiger charge is -2.28. The topological polar surface area (TPSA) is 93.2 Å². The molecule has 238 valence electrons. The maximum absolute atomic E-state index is 13.5. The summed E-state index contributed by atoms with van der Waals surface area (Å²) in [4.78, 5) is 55.3. The molecule has 8 nitrogen and oxygen atoms in total. The van der Waals surface area contributed by atoms with Crippen LogP contribution in [0.5, 0.6) is 11.5 Å². The van der Waals surface area contributed by atoms with Gasteiger partial charge in [0.05, 0.1) is 12.8 Å². The van der Waals surface area contributed by atoms with E-state index in [-0.39, 0.29) is 50.6 Å². The summed E-state index contributed by atoms with van der Waals surface area (Å²) in [6, 6.07) is 33.4. The van der Waals surface area contributed by atoms with Crippen LogP contribution in [0.4, 0.5) is 0 Å². The molecule has 0 saturated carbocycles. The van der Waals surface area contributed by atoms with Gasteiger partial charge in [-0.15, -0.1) is 0 Å². The summed E-state index contributed by atoms with van der Waals surface area (Å²) in [5.74, 6) is -0.563. The monoisotopic (exact) mass is 620 g/mol. The van der Waals surface area contributed by atoms with Gasteiger partial charge in [0, 0.05) is 39.0 Å². The third-order valence-corrected chi connectivity index (χ3v) is 7.37. The van der Waals surface area contributed by atoms with E-state index in [1.54, 1.807) is 34.1 Å². The maximum atomic E-state index is 13.5. The molecule has 0 spiro atoms. The van der Waals surface area contributed by atoms with E-state index in [2.05, 4.69) is 0 Å². The lowest BCUT2D eigenvalue weighted by molar-refractivity contribution is -0.141. The first kappa shape index (κ1) is 33.6. The number of esters is 2. The molecular formula is C38H40N2O6. The van der Waals surface area contributed by atoms with Crippen LogP contribution >= 0.6 is 0 Å². The highest BCUT2D eigenvalue weighted by Crippen LogP contribution is 2.16. The van der Waals surface area contributed by atoms with E-state index >= 15 is 0 Å². The van der Waals surface area contributed by atoms with Crippen LogP contribution < -0.4 is 9.47 Å². The van der Waals surface area contributed by atoms with Gasteiger partial charge in [-0.25, -0.2) is 0 Å². The summed E-state index contributed by atoms with van der Waals surface area (Å²) < 4.78 is 10.8. The van der Waals surface area contributed by atoms with Gasteiger partial charge in [0.1, 0.15) is 11.5 Å². The Balaban J connectivity index is 1.40. The van der Waals surface area contributed by atoms with E-state index in [4.69, 9.17) is 9.47 Å². The molecule has 0 saturated heterocycles. The van der Waals surface area contributed by atoms with E-state index < -0.39 is 11.9 Å². The first-order chi connectivity index (χ1) is 22.2. The summed E-state index contributed by atoms with van der Waals surface area (Å²) >= 11 is 0. The normalized spacial score (nSPS) is 10.6. The second kappa shape index (κ2) is 17.3. The highest BCUT2D eigenvalue weighted by Gasteiger charge is 2.21. The molecule has 0 aliphatic rings. The number of carbonyl (C=O) groups is 4. The van der Waals surface area contributed by atoms with Crippen LogP contribution in [0, 0.1) is 13.8 Å². The predicted octanol–water partition coefficient (Wildman–Crippen LogP) is 6.43. The maximum Gasteiger partial charge on any atom is 0.311 e. The summed E-state index contributed by atoms with van der Waals surface area (Å²) in [5, 5.41) is 0. The van der Waals surface area contributed by atoms with Crippen molar-refractivity contribution in [3.8, 4) is 11.5 Å². The second-order valence-corrected chi connectivity index (χ2v) is 11.2. The minimum atomic E-state index is -0.490. The second-order valence-electron chi connectivity index (χ2n) is 11.2. The van der Waals surface area contributed by atoms with Crippen molar-refractivity contribution in [2.75, 3.05) is 13.1 Å². The molecule has 0 aromatic heterocycles. The van der Waals surface area contributed by atoms with Gasteiger partial charge in [0.15, 0.2) is 0 Å². The van der Waals surface area contributed by atoms with Gasteiger partial charge >= 0.3 is 11.9 Å². The minimum Gasteiger partial charge on any atom is -0.427 e. The van der Waals surface area contributed by atoms with Crippen molar-refractivity contribution in [2.45, 2.75) is 52.6 Å². The largest absolute Gasteiger partial charge is 0.427 e. The van der Waals surface area contributed by atoms with Crippen molar-refractivity contribution in [1.82, 2.24) is 9.80 Å². The number of benzene rings is 4. The Morgan fingerprint density at radius 1 is 0.478 bits per heavy atom. The molecule has 4 aromatic rings. The van der Waals surface area contributed by atoms with Crippen LogP contribution in [0.15, 0.2) is 109 Å². The van der Waals surface area contributed by atoms with Crippen molar-refractivity contribution in [3.05, 3.63) is 131 Å². The van der Waals surface area contributed by atoms with Crippen LogP contribution in [0.2, 0.25) is 0 Å². The smallest absolute Gasteiger partial charge is 0.311 e. The number of aryl methyl sites for hydroxylation is 2. The van der Waals surface area contributed by atoms with Crippen LogP contribution in [-0.4, -0.2) is 46.6 Å². The van der Waals surface area contributed by atoms with Crippen LogP contribution in [0.3, 0.4) is 0 Å². The van der Waals surface area contributed by atoms with Gasteiger partial charge in [-0.1, -0.05) is 96.1 Å². The quantitative estimate of drug-likeness (QED) is 0.112. The molecule has 0 radical (unpaired) electrons. The van der Waals surface area contributed by atoms with Crippen molar-refractivity contribution in [1.29, 1.82) is 0 Å². The predicted molar refractivity (Wildman–Crippen MR) is 176 cm³/mol. The first-order valence-corrected chi connectivity index (χ1v) is 15.4. The van der Waals surface area contributed by atoms with Gasteiger partial charge in [0.25, 0.3) is 0 Å². The Morgan fingerprint density at radius 3 is 1.17 bits per heavy atom. The SMILES string of the molecule is Cc1ccc(OC(=O)CCC(=O)N(CCN(Cc2ccccc2)C(=O)CCC(=O)Oc2ccc(C)cc2)Cc2ccccc2)cc1. The fourth-order valence-corrected chi connectivity index (χ4v) is 4.74. The van der Waals surface area contributed by atoms with Gasteiger partial charge in [-0.3, -0.25) is 19.2 Å². The average molecular weight is 621 g/mol. The molecule has 8 heteroatoms. The molecule has 46 heavy (non-hydrogen) atoms. The van der Waals surface area contributed by atoms with E-state index in [1.807, 2.05) is 98.8 Å². The summed E-state index contributed by atoms with van der Waals surface area (Å²) in [5.41, 5.74) is 3.96. The van der Waals surface area contributed by atoms with E-state index in [0.29, 0.717) is 24.6 Å².